The smallest absolute Gasteiger partial charge is 0.320 e. The second-order valence-electron chi connectivity index (χ2n) is 7.82. The molecule has 1 fully saturated rings. The molecule has 1 atom stereocenters. The van der Waals surface area contributed by atoms with E-state index in [1.54, 1.807) is 13.8 Å². The maximum atomic E-state index is 12.2. The fraction of sp³-hybridized carbons (Fsp3) is 0.895. The first-order valence-corrected chi connectivity index (χ1v) is 9.05. The van der Waals surface area contributed by atoms with E-state index < -0.39 is 17.9 Å². The Morgan fingerprint density at radius 2 is 1.39 bits per heavy atom. The zero-order valence-electron chi connectivity index (χ0n) is 15.7. The van der Waals surface area contributed by atoms with Crippen LogP contribution in [0.4, 0.5) is 0 Å². The van der Waals surface area contributed by atoms with Gasteiger partial charge in [0.1, 0.15) is 0 Å². The SMILES string of the molecule is CCOC(=O)C(C(=O)OCC)C(C)C1CCC(C(C)(C)C)CC1. The summed E-state index contributed by atoms with van der Waals surface area (Å²) >= 11 is 0. The molecule has 1 aliphatic carbocycles. The molecular weight excluding hydrogens is 292 g/mol. The zero-order chi connectivity index (χ0) is 17.6. The van der Waals surface area contributed by atoms with Crippen molar-refractivity contribution in [3.8, 4) is 0 Å². The first-order chi connectivity index (χ1) is 10.7. The summed E-state index contributed by atoms with van der Waals surface area (Å²) in [6.45, 7) is 13.0. The fourth-order valence-corrected chi connectivity index (χ4v) is 3.77. The average Bonchev–Trinajstić information content (AvgIpc) is 2.47. The van der Waals surface area contributed by atoms with Crippen LogP contribution in [0.5, 0.6) is 0 Å². The highest BCUT2D eigenvalue weighted by molar-refractivity contribution is 5.95. The van der Waals surface area contributed by atoms with Gasteiger partial charge >= 0.3 is 11.9 Å². The third kappa shape index (κ3) is 5.50. The monoisotopic (exact) mass is 326 g/mol. The molecule has 1 rings (SSSR count). The van der Waals surface area contributed by atoms with Gasteiger partial charge in [0.25, 0.3) is 0 Å². The lowest BCUT2D eigenvalue weighted by atomic mass is 9.66. The maximum Gasteiger partial charge on any atom is 0.320 e. The van der Waals surface area contributed by atoms with E-state index in [1.165, 1.54) is 0 Å². The minimum Gasteiger partial charge on any atom is -0.465 e. The Morgan fingerprint density at radius 3 is 1.74 bits per heavy atom. The second-order valence-corrected chi connectivity index (χ2v) is 7.82. The molecule has 0 saturated heterocycles. The Hall–Kier alpha value is -1.06. The molecule has 0 bridgehead atoms. The number of rotatable bonds is 6. The Morgan fingerprint density at radius 1 is 0.957 bits per heavy atom. The Kier molecular flexibility index (Phi) is 7.56. The van der Waals surface area contributed by atoms with Crippen LogP contribution in [-0.4, -0.2) is 25.2 Å². The number of esters is 2. The fourth-order valence-electron chi connectivity index (χ4n) is 3.77. The van der Waals surface area contributed by atoms with Gasteiger partial charge in [-0.2, -0.15) is 0 Å². The zero-order valence-corrected chi connectivity index (χ0v) is 15.7. The first kappa shape index (κ1) is 20.0. The van der Waals surface area contributed by atoms with Gasteiger partial charge in [-0.1, -0.05) is 27.7 Å². The second kappa shape index (κ2) is 8.70. The molecule has 0 aromatic heterocycles. The van der Waals surface area contributed by atoms with Crippen LogP contribution in [0, 0.1) is 29.1 Å². The van der Waals surface area contributed by atoms with Crippen LogP contribution >= 0.6 is 0 Å². The highest BCUT2D eigenvalue weighted by Crippen LogP contribution is 2.43. The van der Waals surface area contributed by atoms with Gasteiger partial charge in [0.05, 0.1) is 13.2 Å². The van der Waals surface area contributed by atoms with Crippen molar-refractivity contribution in [2.24, 2.45) is 29.1 Å². The molecule has 0 N–H and O–H groups in total. The highest BCUT2D eigenvalue weighted by Gasteiger charge is 2.41. The molecule has 1 unspecified atom stereocenters. The lowest BCUT2D eigenvalue weighted by molar-refractivity contribution is -0.165. The van der Waals surface area contributed by atoms with Crippen molar-refractivity contribution in [3.05, 3.63) is 0 Å². The van der Waals surface area contributed by atoms with E-state index >= 15 is 0 Å². The van der Waals surface area contributed by atoms with Crippen LogP contribution in [0.2, 0.25) is 0 Å². The van der Waals surface area contributed by atoms with Crippen LogP contribution < -0.4 is 0 Å². The molecule has 0 aromatic rings. The van der Waals surface area contributed by atoms with Crippen molar-refractivity contribution < 1.29 is 19.1 Å². The predicted octanol–water partition coefficient (Wildman–Crippen LogP) is 4.22. The van der Waals surface area contributed by atoms with Crippen LogP contribution in [0.3, 0.4) is 0 Å². The van der Waals surface area contributed by atoms with Gasteiger partial charge < -0.3 is 9.47 Å². The quantitative estimate of drug-likeness (QED) is 0.542. The van der Waals surface area contributed by atoms with Gasteiger partial charge in [-0.05, 0) is 62.7 Å². The van der Waals surface area contributed by atoms with E-state index in [0.29, 0.717) is 11.3 Å². The molecular formula is C19H34O4. The third-order valence-corrected chi connectivity index (χ3v) is 5.35. The molecule has 0 aromatic carbocycles. The number of hydrogen-bond acceptors (Lipinski definition) is 4. The molecule has 1 saturated carbocycles. The number of hydrogen-bond donors (Lipinski definition) is 0. The van der Waals surface area contributed by atoms with Crippen molar-refractivity contribution >= 4 is 11.9 Å². The number of carbonyl (C=O) groups is 2. The minimum absolute atomic E-state index is 0.0333. The van der Waals surface area contributed by atoms with Crippen LogP contribution in [-0.2, 0) is 19.1 Å². The predicted molar refractivity (Wildman–Crippen MR) is 90.8 cm³/mol. The molecule has 0 heterocycles. The third-order valence-electron chi connectivity index (χ3n) is 5.35. The summed E-state index contributed by atoms with van der Waals surface area (Å²) < 4.78 is 10.2. The van der Waals surface area contributed by atoms with Gasteiger partial charge in [-0.3, -0.25) is 9.59 Å². The lowest BCUT2D eigenvalue weighted by Crippen LogP contribution is -2.38. The molecule has 4 heteroatoms. The first-order valence-electron chi connectivity index (χ1n) is 9.05. The number of carbonyl (C=O) groups excluding carboxylic acids is 2. The summed E-state index contributed by atoms with van der Waals surface area (Å²) in [5.41, 5.74) is 0.329. The summed E-state index contributed by atoms with van der Waals surface area (Å²) in [6, 6.07) is 0. The Bertz CT molecular complexity index is 371. The molecule has 4 nitrogen and oxygen atoms in total. The molecule has 0 spiro atoms. The largest absolute Gasteiger partial charge is 0.465 e. The van der Waals surface area contributed by atoms with Crippen LogP contribution in [0.1, 0.15) is 67.2 Å². The van der Waals surface area contributed by atoms with Crippen molar-refractivity contribution in [2.45, 2.75) is 67.2 Å². The Labute approximate surface area is 141 Å². The summed E-state index contributed by atoms with van der Waals surface area (Å²) in [5.74, 6) is -0.588. The molecule has 23 heavy (non-hydrogen) atoms. The van der Waals surface area contributed by atoms with Crippen molar-refractivity contribution in [1.29, 1.82) is 0 Å². The molecule has 0 aliphatic heterocycles. The minimum atomic E-state index is -0.786. The maximum absolute atomic E-state index is 12.2. The van der Waals surface area contributed by atoms with E-state index in [2.05, 4.69) is 20.8 Å². The van der Waals surface area contributed by atoms with Gasteiger partial charge in [-0.25, -0.2) is 0 Å². The van der Waals surface area contributed by atoms with E-state index in [-0.39, 0.29) is 19.1 Å². The average molecular weight is 326 g/mol. The van der Waals surface area contributed by atoms with Crippen LogP contribution in [0.15, 0.2) is 0 Å². The van der Waals surface area contributed by atoms with Crippen molar-refractivity contribution in [2.75, 3.05) is 13.2 Å². The Balaban J connectivity index is 2.75. The molecule has 1 aliphatic rings. The van der Waals surface area contributed by atoms with Gasteiger partial charge in [0.2, 0.25) is 0 Å². The highest BCUT2D eigenvalue weighted by atomic mass is 16.6. The van der Waals surface area contributed by atoms with Gasteiger partial charge in [0.15, 0.2) is 5.92 Å². The topological polar surface area (TPSA) is 52.6 Å². The standard InChI is InChI=1S/C19H34O4/c1-7-22-17(20)16(18(21)23-8-2)13(3)14-9-11-15(12-10-14)19(4,5)6/h13-16H,7-12H2,1-6H3. The normalized spacial score (nSPS) is 23.4. The van der Waals surface area contributed by atoms with E-state index in [4.69, 9.17) is 9.47 Å². The van der Waals surface area contributed by atoms with Crippen molar-refractivity contribution in [1.82, 2.24) is 0 Å². The van der Waals surface area contributed by atoms with E-state index in [9.17, 15) is 9.59 Å². The van der Waals surface area contributed by atoms with Crippen molar-refractivity contribution in [3.63, 3.8) is 0 Å². The molecule has 134 valence electrons. The van der Waals surface area contributed by atoms with Gasteiger partial charge in [0, 0.05) is 0 Å². The summed E-state index contributed by atoms with van der Waals surface area (Å²) in [5, 5.41) is 0. The molecule has 0 amide bonds. The summed E-state index contributed by atoms with van der Waals surface area (Å²) in [7, 11) is 0. The van der Waals surface area contributed by atoms with E-state index in [0.717, 1.165) is 31.6 Å². The summed E-state index contributed by atoms with van der Waals surface area (Å²) in [6.07, 6.45) is 4.46. The van der Waals surface area contributed by atoms with Crippen LogP contribution in [0.25, 0.3) is 0 Å². The summed E-state index contributed by atoms with van der Waals surface area (Å²) in [4.78, 5) is 24.5. The van der Waals surface area contributed by atoms with Gasteiger partial charge in [-0.15, -0.1) is 0 Å². The number of ether oxygens (including phenoxy) is 2. The molecule has 0 radical (unpaired) electrons. The van der Waals surface area contributed by atoms with E-state index in [1.807, 2.05) is 6.92 Å². The lowest BCUT2D eigenvalue weighted by Gasteiger charge is -2.39.